The summed E-state index contributed by atoms with van der Waals surface area (Å²) in [6.45, 7) is 2.23. The minimum atomic E-state index is 1.05. The number of hydrogen-bond donors (Lipinski definition) is 0. The molecule has 128 valence electrons. The van der Waals surface area contributed by atoms with Crippen LogP contribution < -0.4 is 0 Å². The quantitative estimate of drug-likeness (QED) is 0.276. The van der Waals surface area contributed by atoms with E-state index < -0.39 is 0 Å². The highest BCUT2D eigenvalue weighted by molar-refractivity contribution is 6.11. The van der Waals surface area contributed by atoms with Crippen molar-refractivity contribution in [1.82, 2.24) is 4.98 Å². The van der Waals surface area contributed by atoms with Crippen LogP contribution in [0.15, 0.2) is 78.9 Å². The Morgan fingerprint density at radius 3 is 2.46 bits per heavy atom. The van der Waals surface area contributed by atoms with Crippen molar-refractivity contribution in [3.8, 4) is 11.3 Å². The summed E-state index contributed by atoms with van der Waals surface area (Å²) in [6, 6.07) is 25.6. The number of hydrogen-bond acceptors (Lipinski definition) is 1. The number of unbranched alkanes of at least 4 members (excludes halogenated alkanes) is 2. The molecule has 1 aromatic heterocycles. The molecule has 0 aliphatic rings. The van der Waals surface area contributed by atoms with Crippen molar-refractivity contribution in [3.63, 3.8) is 0 Å². The van der Waals surface area contributed by atoms with Gasteiger partial charge in [0.1, 0.15) is 0 Å². The molecule has 0 saturated heterocycles. The molecule has 3 aromatic carbocycles. The minimum Gasteiger partial charge on any atom is -0.247 e. The van der Waals surface area contributed by atoms with Crippen molar-refractivity contribution < 1.29 is 0 Å². The molecule has 26 heavy (non-hydrogen) atoms. The van der Waals surface area contributed by atoms with Crippen LogP contribution in [0, 0.1) is 0 Å². The predicted octanol–water partition coefficient (Wildman–Crippen LogP) is 7.26. The highest BCUT2D eigenvalue weighted by Gasteiger charge is 2.10. The first kappa shape index (κ1) is 16.5. The molecule has 0 radical (unpaired) electrons. The second-order valence-electron chi connectivity index (χ2n) is 6.69. The van der Waals surface area contributed by atoms with E-state index in [0.717, 1.165) is 23.2 Å². The van der Waals surface area contributed by atoms with Gasteiger partial charge in [-0.05, 0) is 29.5 Å². The Morgan fingerprint density at radius 2 is 1.62 bits per heavy atom. The number of fused-ring (bicyclic) bond motifs is 3. The van der Waals surface area contributed by atoms with Gasteiger partial charge in [0.05, 0.1) is 11.2 Å². The summed E-state index contributed by atoms with van der Waals surface area (Å²) in [5, 5.41) is 3.69. The van der Waals surface area contributed by atoms with E-state index in [0.29, 0.717) is 0 Å². The van der Waals surface area contributed by atoms with Crippen molar-refractivity contribution in [2.45, 2.75) is 26.2 Å². The van der Waals surface area contributed by atoms with Gasteiger partial charge in [0.25, 0.3) is 0 Å². The molecule has 1 heteroatoms. The van der Waals surface area contributed by atoms with E-state index in [-0.39, 0.29) is 0 Å². The molecule has 4 rings (SSSR count). The maximum atomic E-state index is 4.97. The van der Waals surface area contributed by atoms with Gasteiger partial charge >= 0.3 is 0 Å². The Morgan fingerprint density at radius 1 is 0.808 bits per heavy atom. The zero-order valence-electron chi connectivity index (χ0n) is 15.2. The molecule has 1 heterocycles. The van der Waals surface area contributed by atoms with Crippen LogP contribution in [0.4, 0.5) is 0 Å². The lowest BCUT2D eigenvalue weighted by molar-refractivity contribution is 0.816. The van der Waals surface area contributed by atoms with E-state index in [2.05, 4.69) is 85.8 Å². The maximum absolute atomic E-state index is 4.97. The molecule has 0 saturated carbocycles. The number of para-hydroxylation sites is 1. The standard InChI is InChI=1S/C25H23N/c1-2-3-4-6-11-19-16-17-22-23(18-19)21-14-9-10-15-24(21)26-25(22)20-12-7-5-8-13-20/h5-18H,2-4H2,1H3/b11-6-. The van der Waals surface area contributed by atoms with E-state index in [9.17, 15) is 0 Å². The summed E-state index contributed by atoms with van der Waals surface area (Å²) in [4.78, 5) is 4.97. The van der Waals surface area contributed by atoms with Crippen LogP contribution in [0.5, 0.6) is 0 Å². The van der Waals surface area contributed by atoms with Crippen molar-refractivity contribution >= 4 is 27.8 Å². The lowest BCUT2D eigenvalue weighted by Gasteiger charge is -2.11. The van der Waals surface area contributed by atoms with Gasteiger partial charge in [-0.1, -0.05) is 92.6 Å². The summed E-state index contributed by atoms with van der Waals surface area (Å²) < 4.78 is 0. The average Bonchev–Trinajstić information content (AvgIpc) is 2.71. The van der Waals surface area contributed by atoms with Crippen LogP contribution >= 0.6 is 0 Å². The lowest BCUT2D eigenvalue weighted by Crippen LogP contribution is -1.90. The number of allylic oxidation sites excluding steroid dienone is 1. The maximum Gasteiger partial charge on any atom is 0.0788 e. The van der Waals surface area contributed by atoms with Gasteiger partial charge in [-0.3, -0.25) is 0 Å². The van der Waals surface area contributed by atoms with E-state index in [1.807, 2.05) is 6.07 Å². The summed E-state index contributed by atoms with van der Waals surface area (Å²) in [6.07, 6.45) is 8.15. The molecular formula is C25H23N. The summed E-state index contributed by atoms with van der Waals surface area (Å²) in [5.41, 5.74) is 4.52. The van der Waals surface area contributed by atoms with Crippen molar-refractivity contribution in [2.24, 2.45) is 0 Å². The number of aromatic nitrogens is 1. The molecule has 0 spiro atoms. The molecule has 0 bridgehead atoms. The smallest absolute Gasteiger partial charge is 0.0788 e. The third kappa shape index (κ3) is 3.25. The van der Waals surface area contributed by atoms with Gasteiger partial charge in [-0.2, -0.15) is 0 Å². The highest BCUT2D eigenvalue weighted by atomic mass is 14.7. The second-order valence-corrected chi connectivity index (χ2v) is 6.69. The topological polar surface area (TPSA) is 12.9 Å². The molecule has 0 aliphatic carbocycles. The number of nitrogens with zero attached hydrogens (tertiary/aromatic N) is 1. The molecule has 0 atom stereocenters. The molecule has 0 N–H and O–H groups in total. The number of rotatable bonds is 5. The first-order chi connectivity index (χ1) is 12.9. The predicted molar refractivity (Wildman–Crippen MR) is 113 cm³/mol. The zero-order chi connectivity index (χ0) is 17.8. The molecule has 0 fully saturated rings. The van der Waals surface area contributed by atoms with Crippen LogP contribution in [0.2, 0.25) is 0 Å². The van der Waals surface area contributed by atoms with E-state index in [1.54, 1.807) is 0 Å². The van der Waals surface area contributed by atoms with Crippen molar-refractivity contribution in [2.75, 3.05) is 0 Å². The van der Waals surface area contributed by atoms with Gasteiger partial charge in [0.15, 0.2) is 0 Å². The van der Waals surface area contributed by atoms with Crippen LogP contribution in [0.1, 0.15) is 31.7 Å². The van der Waals surface area contributed by atoms with Gasteiger partial charge < -0.3 is 0 Å². The zero-order valence-corrected chi connectivity index (χ0v) is 15.2. The Labute approximate surface area is 155 Å². The molecule has 0 aliphatic heterocycles. The SMILES string of the molecule is CCCC/C=C\c1ccc2c(-c3ccccc3)nc3ccccc3c2c1. The number of pyridine rings is 1. The van der Waals surface area contributed by atoms with Crippen LogP contribution in [-0.2, 0) is 0 Å². The third-order valence-electron chi connectivity index (χ3n) is 4.81. The summed E-state index contributed by atoms with van der Waals surface area (Å²) in [7, 11) is 0. The van der Waals surface area contributed by atoms with E-state index >= 15 is 0 Å². The van der Waals surface area contributed by atoms with Crippen LogP contribution in [-0.4, -0.2) is 4.98 Å². The lowest BCUT2D eigenvalue weighted by atomic mass is 9.98. The van der Waals surface area contributed by atoms with Gasteiger partial charge in [-0.15, -0.1) is 0 Å². The third-order valence-corrected chi connectivity index (χ3v) is 4.81. The van der Waals surface area contributed by atoms with Crippen molar-refractivity contribution in [1.29, 1.82) is 0 Å². The Balaban J connectivity index is 1.91. The summed E-state index contributed by atoms with van der Waals surface area (Å²) >= 11 is 0. The van der Waals surface area contributed by atoms with E-state index in [1.165, 1.54) is 34.6 Å². The molecule has 4 aromatic rings. The second kappa shape index (κ2) is 7.53. The first-order valence-electron chi connectivity index (χ1n) is 9.41. The normalized spacial score (nSPS) is 11.6. The Hall–Kier alpha value is -2.93. The fourth-order valence-electron chi connectivity index (χ4n) is 3.43. The highest BCUT2D eigenvalue weighted by Crippen LogP contribution is 2.33. The molecular weight excluding hydrogens is 314 g/mol. The number of benzene rings is 3. The van der Waals surface area contributed by atoms with Crippen LogP contribution in [0.25, 0.3) is 39.0 Å². The fourth-order valence-corrected chi connectivity index (χ4v) is 3.43. The minimum absolute atomic E-state index is 1.05. The van der Waals surface area contributed by atoms with Gasteiger partial charge in [-0.25, -0.2) is 4.98 Å². The van der Waals surface area contributed by atoms with Gasteiger partial charge in [0, 0.05) is 16.3 Å². The molecule has 1 nitrogen and oxygen atoms in total. The fraction of sp³-hybridized carbons (Fsp3) is 0.160. The Bertz CT molecular complexity index is 1060. The van der Waals surface area contributed by atoms with Gasteiger partial charge in [0.2, 0.25) is 0 Å². The molecule has 0 amide bonds. The average molecular weight is 337 g/mol. The Kier molecular flexibility index (Phi) is 4.79. The van der Waals surface area contributed by atoms with Crippen LogP contribution in [0.3, 0.4) is 0 Å². The van der Waals surface area contributed by atoms with E-state index in [4.69, 9.17) is 4.98 Å². The largest absolute Gasteiger partial charge is 0.247 e. The molecule has 0 unspecified atom stereocenters. The summed E-state index contributed by atoms with van der Waals surface area (Å²) in [5.74, 6) is 0. The first-order valence-corrected chi connectivity index (χ1v) is 9.41. The monoisotopic (exact) mass is 337 g/mol. The van der Waals surface area contributed by atoms with Crippen molar-refractivity contribution in [3.05, 3.63) is 84.4 Å².